The Balaban J connectivity index is 1.66. The van der Waals surface area contributed by atoms with Crippen molar-refractivity contribution in [1.29, 1.82) is 0 Å². The number of alkyl halides is 2. The van der Waals surface area contributed by atoms with Crippen LogP contribution >= 0.6 is 11.3 Å². The molecule has 9 nitrogen and oxygen atoms in total. The molecule has 3 aromatic heterocycles. The van der Waals surface area contributed by atoms with E-state index in [1.165, 1.54) is 12.4 Å². The Morgan fingerprint density at radius 2 is 2.12 bits per heavy atom. The number of fused-ring (bicyclic) bond motifs is 1. The third-order valence-electron chi connectivity index (χ3n) is 5.81. The lowest BCUT2D eigenvalue weighted by atomic mass is 10.2. The summed E-state index contributed by atoms with van der Waals surface area (Å²) in [4.78, 5) is 6.68. The van der Waals surface area contributed by atoms with Gasteiger partial charge in [-0.3, -0.25) is 4.40 Å². The second kappa shape index (κ2) is 7.68. The van der Waals surface area contributed by atoms with E-state index >= 15 is 0 Å². The molecule has 1 saturated carbocycles. The van der Waals surface area contributed by atoms with Crippen molar-refractivity contribution in [2.75, 3.05) is 24.5 Å². The number of imidazole rings is 1. The van der Waals surface area contributed by atoms with E-state index in [-0.39, 0.29) is 15.9 Å². The highest BCUT2D eigenvalue weighted by Crippen LogP contribution is 2.37. The Bertz CT molecular complexity index is 1270. The molecule has 2 N–H and O–H groups in total. The number of sulfonamides is 1. The van der Waals surface area contributed by atoms with Crippen LogP contribution in [0.5, 0.6) is 0 Å². The first-order chi connectivity index (χ1) is 15.2. The molecule has 3 aromatic rings. The fourth-order valence-electron chi connectivity index (χ4n) is 3.83. The molecule has 2 aliphatic rings. The fourth-order valence-corrected chi connectivity index (χ4v) is 6.02. The van der Waals surface area contributed by atoms with E-state index in [0.717, 1.165) is 30.7 Å². The number of nitrogens with zero attached hydrogens (tertiary/aromatic N) is 5. The predicted molar refractivity (Wildman–Crippen MR) is 117 cm³/mol. The first-order valence-corrected chi connectivity index (χ1v) is 12.6. The number of pyridine rings is 1. The predicted octanol–water partition coefficient (Wildman–Crippen LogP) is 2.42. The highest BCUT2D eigenvalue weighted by atomic mass is 32.2. The van der Waals surface area contributed by atoms with Gasteiger partial charge in [0.2, 0.25) is 10.0 Å². The van der Waals surface area contributed by atoms with Crippen LogP contribution < -0.4 is 14.9 Å². The van der Waals surface area contributed by atoms with Crippen molar-refractivity contribution in [2.24, 2.45) is 0 Å². The van der Waals surface area contributed by atoms with Crippen LogP contribution in [-0.2, 0) is 10.0 Å². The number of rotatable bonds is 6. The minimum atomic E-state index is -3.80. The van der Waals surface area contributed by atoms with E-state index in [2.05, 4.69) is 37.0 Å². The molecule has 0 radical (unpaired) electrons. The van der Waals surface area contributed by atoms with Crippen molar-refractivity contribution >= 4 is 32.7 Å². The van der Waals surface area contributed by atoms with E-state index in [1.807, 2.05) is 6.92 Å². The van der Waals surface area contributed by atoms with E-state index in [9.17, 15) is 17.2 Å². The summed E-state index contributed by atoms with van der Waals surface area (Å²) in [6.07, 6.45) is 1.84. The largest absolute Gasteiger partial charge is 0.366 e. The van der Waals surface area contributed by atoms with Gasteiger partial charge < -0.3 is 10.2 Å². The summed E-state index contributed by atoms with van der Waals surface area (Å²) in [6.45, 7) is 6.05. The molecule has 5 rings (SSSR count). The maximum Gasteiger partial charge on any atom is 0.291 e. The highest BCUT2D eigenvalue weighted by Gasteiger charge is 2.41. The summed E-state index contributed by atoms with van der Waals surface area (Å²) in [7, 11) is -3.80. The van der Waals surface area contributed by atoms with Gasteiger partial charge >= 0.3 is 0 Å². The normalized spacial score (nSPS) is 20.9. The molecule has 0 aromatic carbocycles. The number of nitrogens with one attached hydrogen (secondary N) is 2. The zero-order valence-electron chi connectivity index (χ0n) is 17.5. The van der Waals surface area contributed by atoms with Crippen LogP contribution in [0.4, 0.5) is 14.5 Å². The van der Waals surface area contributed by atoms with Gasteiger partial charge in [-0.15, -0.1) is 10.2 Å². The zero-order chi connectivity index (χ0) is 22.7. The highest BCUT2D eigenvalue weighted by molar-refractivity contribution is 7.89. The third-order valence-corrected chi connectivity index (χ3v) is 8.37. The molecule has 1 saturated heterocycles. The fraction of sp³-hybridized carbons (Fsp3) is 0.526. The standard InChI is InChI=1S/C19H23F2N7O2S2/c1-11-9-27(6-5-22-11)13-7-12(32(29,30)26-19(2)3-4-19)10-28-14(8-23-16(13)28)17-24-25-18(31-17)15(20)21/h7-8,10-11,15,22,26H,3-6,9H2,1-2H3/t11-/m0/s1. The van der Waals surface area contributed by atoms with Crippen molar-refractivity contribution in [1.82, 2.24) is 29.6 Å². The summed E-state index contributed by atoms with van der Waals surface area (Å²) >= 11 is 0.767. The van der Waals surface area contributed by atoms with Gasteiger partial charge in [0.05, 0.1) is 11.9 Å². The lowest BCUT2D eigenvalue weighted by Crippen LogP contribution is -2.49. The molecule has 32 heavy (non-hydrogen) atoms. The molecule has 0 amide bonds. The topological polar surface area (TPSA) is 105 Å². The van der Waals surface area contributed by atoms with E-state index < -0.39 is 27.0 Å². The van der Waals surface area contributed by atoms with Crippen molar-refractivity contribution in [3.63, 3.8) is 0 Å². The van der Waals surface area contributed by atoms with Gasteiger partial charge in [-0.2, -0.15) is 0 Å². The summed E-state index contributed by atoms with van der Waals surface area (Å²) in [5.41, 5.74) is 1.20. The van der Waals surface area contributed by atoms with E-state index in [1.54, 1.807) is 10.5 Å². The van der Waals surface area contributed by atoms with E-state index in [4.69, 9.17) is 0 Å². The first kappa shape index (κ1) is 21.6. The van der Waals surface area contributed by atoms with Crippen LogP contribution in [0.3, 0.4) is 0 Å². The van der Waals surface area contributed by atoms with Gasteiger partial charge in [0.1, 0.15) is 10.6 Å². The molecule has 1 aliphatic heterocycles. The minimum Gasteiger partial charge on any atom is -0.366 e. The lowest BCUT2D eigenvalue weighted by Gasteiger charge is -2.34. The molecule has 172 valence electrons. The average Bonchev–Trinajstić information content (AvgIpc) is 3.14. The van der Waals surface area contributed by atoms with Crippen LogP contribution in [0.1, 0.15) is 38.1 Å². The van der Waals surface area contributed by atoms with Crippen molar-refractivity contribution < 1.29 is 17.2 Å². The number of anilines is 1. The van der Waals surface area contributed by atoms with Gasteiger partial charge in [-0.1, -0.05) is 11.3 Å². The molecule has 1 aliphatic carbocycles. The molecule has 2 fully saturated rings. The van der Waals surface area contributed by atoms with Crippen LogP contribution in [-0.4, -0.2) is 59.2 Å². The molecule has 4 heterocycles. The Hall–Kier alpha value is -2.22. The number of aromatic nitrogens is 4. The maximum atomic E-state index is 13.2. The second-order valence-electron chi connectivity index (χ2n) is 8.61. The lowest BCUT2D eigenvalue weighted by molar-refractivity contribution is 0.150. The van der Waals surface area contributed by atoms with Gasteiger partial charge in [0.25, 0.3) is 6.43 Å². The molecular formula is C19H23F2N7O2S2. The number of halogens is 2. The Kier molecular flexibility index (Phi) is 5.19. The van der Waals surface area contributed by atoms with Crippen LogP contribution in [0, 0.1) is 0 Å². The van der Waals surface area contributed by atoms with Gasteiger partial charge in [0, 0.05) is 37.4 Å². The Morgan fingerprint density at radius 3 is 2.78 bits per heavy atom. The summed E-state index contributed by atoms with van der Waals surface area (Å²) in [5.74, 6) is 0. The van der Waals surface area contributed by atoms with Gasteiger partial charge in [-0.25, -0.2) is 26.9 Å². The zero-order valence-corrected chi connectivity index (χ0v) is 19.2. The van der Waals surface area contributed by atoms with E-state index in [0.29, 0.717) is 30.1 Å². The smallest absolute Gasteiger partial charge is 0.291 e. The summed E-state index contributed by atoms with van der Waals surface area (Å²) < 4.78 is 56.9. The van der Waals surface area contributed by atoms with Crippen molar-refractivity contribution in [2.45, 2.75) is 49.6 Å². The average molecular weight is 484 g/mol. The Morgan fingerprint density at radius 1 is 1.34 bits per heavy atom. The minimum absolute atomic E-state index is 0.0946. The first-order valence-electron chi connectivity index (χ1n) is 10.3. The molecule has 13 heteroatoms. The monoisotopic (exact) mass is 483 g/mol. The quantitative estimate of drug-likeness (QED) is 0.555. The number of hydrogen-bond donors (Lipinski definition) is 2. The van der Waals surface area contributed by atoms with Gasteiger partial charge in [0.15, 0.2) is 15.7 Å². The van der Waals surface area contributed by atoms with Crippen LogP contribution in [0.25, 0.3) is 16.3 Å². The summed E-state index contributed by atoms with van der Waals surface area (Å²) in [5, 5.41) is 10.7. The van der Waals surface area contributed by atoms with Gasteiger partial charge in [-0.05, 0) is 32.8 Å². The number of hydrogen-bond acceptors (Lipinski definition) is 8. The second-order valence-corrected chi connectivity index (χ2v) is 11.3. The number of piperazine rings is 1. The van der Waals surface area contributed by atoms with Crippen LogP contribution in [0.2, 0.25) is 0 Å². The summed E-state index contributed by atoms with van der Waals surface area (Å²) in [6, 6.07) is 1.86. The van der Waals surface area contributed by atoms with Crippen molar-refractivity contribution in [3.8, 4) is 10.7 Å². The Labute approximate surface area is 187 Å². The molecular weight excluding hydrogens is 460 g/mol. The molecule has 1 atom stereocenters. The molecule has 0 spiro atoms. The van der Waals surface area contributed by atoms with Crippen molar-refractivity contribution in [3.05, 3.63) is 23.5 Å². The molecule has 0 bridgehead atoms. The maximum absolute atomic E-state index is 13.2. The molecule has 0 unspecified atom stereocenters. The SMILES string of the molecule is C[C@H]1CN(c2cc(S(=O)(=O)NC3(C)CC3)cn3c(-c4nnc(C(F)F)s4)cnc23)CCN1. The third kappa shape index (κ3) is 3.98. The van der Waals surface area contributed by atoms with Crippen LogP contribution in [0.15, 0.2) is 23.4 Å².